The zero-order valence-electron chi connectivity index (χ0n) is 11.5. The number of nitrogen functional groups attached to an aromatic ring is 1. The number of hydrogen-bond donors (Lipinski definition) is 2. The van der Waals surface area contributed by atoms with Gasteiger partial charge in [-0.2, -0.15) is 13.2 Å². The molecule has 0 bridgehead atoms. The van der Waals surface area contributed by atoms with E-state index in [1.54, 1.807) is 0 Å². The number of halogens is 3. The lowest BCUT2D eigenvalue weighted by atomic mass is 9.86. The highest BCUT2D eigenvalue weighted by Crippen LogP contribution is 2.40. The molecule has 0 aliphatic heterocycles. The van der Waals surface area contributed by atoms with Crippen molar-refractivity contribution >= 4 is 11.7 Å². The van der Waals surface area contributed by atoms with Crippen LogP contribution in [0.4, 0.5) is 18.9 Å². The van der Waals surface area contributed by atoms with Gasteiger partial charge in [-0.3, -0.25) is 4.79 Å². The van der Waals surface area contributed by atoms with Crippen LogP contribution in [-0.4, -0.2) is 11.1 Å². The molecule has 6 heteroatoms. The van der Waals surface area contributed by atoms with Crippen molar-refractivity contribution in [1.29, 1.82) is 0 Å². The summed E-state index contributed by atoms with van der Waals surface area (Å²) in [6, 6.07) is 3.49. The van der Waals surface area contributed by atoms with E-state index in [1.165, 1.54) is 12.1 Å². The Hall–Kier alpha value is -1.72. The Balaban J connectivity index is 2.34. The molecule has 1 unspecified atom stereocenters. The van der Waals surface area contributed by atoms with Gasteiger partial charge in [0.15, 0.2) is 0 Å². The maximum Gasteiger partial charge on any atom is 0.418 e. The van der Waals surface area contributed by atoms with Crippen molar-refractivity contribution in [2.75, 3.05) is 5.73 Å². The number of para-hydroxylation sites is 1. The molecule has 0 radical (unpaired) electrons. The lowest BCUT2D eigenvalue weighted by Crippen LogP contribution is -2.19. The summed E-state index contributed by atoms with van der Waals surface area (Å²) in [5.41, 5.74) is 4.25. The molecule has 3 nitrogen and oxygen atoms in total. The second kappa shape index (κ2) is 5.95. The summed E-state index contributed by atoms with van der Waals surface area (Å²) in [6.07, 6.45) is -0.257. The van der Waals surface area contributed by atoms with Gasteiger partial charge < -0.3 is 10.8 Å². The van der Waals surface area contributed by atoms with E-state index in [4.69, 9.17) is 5.73 Å². The van der Waals surface area contributed by atoms with Gasteiger partial charge in [0.25, 0.3) is 0 Å². The summed E-state index contributed by atoms with van der Waals surface area (Å²) >= 11 is 0. The highest BCUT2D eigenvalue weighted by atomic mass is 19.4. The number of carboxylic acids is 1. The second-order valence-electron chi connectivity index (χ2n) is 5.58. The molecule has 1 saturated carbocycles. The van der Waals surface area contributed by atoms with Gasteiger partial charge in [0.1, 0.15) is 0 Å². The third kappa shape index (κ3) is 3.49. The van der Waals surface area contributed by atoms with Crippen molar-refractivity contribution in [1.82, 2.24) is 0 Å². The van der Waals surface area contributed by atoms with Crippen LogP contribution in [0.15, 0.2) is 18.2 Å². The van der Waals surface area contributed by atoms with Crippen molar-refractivity contribution in [2.24, 2.45) is 5.92 Å². The molecule has 1 fully saturated rings. The Kier molecular flexibility index (Phi) is 4.44. The number of rotatable bonds is 4. The second-order valence-corrected chi connectivity index (χ2v) is 5.58. The molecule has 1 aliphatic carbocycles. The first-order valence-electron chi connectivity index (χ1n) is 6.99. The summed E-state index contributed by atoms with van der Waals surface area (Å²) in [7, 11) is 0. The van der Waals surface area contributed by atoms with Gasteiger partial charge in [-0.15, -0.1) is 0 Å². The molecular weight excluding hydrogens is 283 g/mol. The molecule has 1 aliphatic rings. The van der Waals surface area contributed by atoms with Crippen LogP contribution in [0, 0.1) is 5.92 Å². The predicted molar refractivity (Wildman–Crippen MR) is 72.8 cm³/mol. The molecule has 1 atom stereocenters. The Morgan fingerprint density at radius 2 is 1.95 bits per heavy atom. The molecule has 0 heterocycles. The number of aliphatic carboxylic acids is 1. The maximum absolute atomic E-state index is 12.9. The van der Waals surface area contributed by atoms with Crippen molar-refractivity contribution < 1.29 is 23.1 Å². The summed E-state index contributed by atoms with van der Waals surface area (Å²) < 4.78 is 38.6. The van der Waals surface area contributed by atoms with Crippen LogP contribution in [0.3, 0.4) is 0 Å². The van der Waals surface area contributed by atoms with E-state index >= 15 is 0 Å². The molecule has 0 spiro atoms. The topological polar surface area (TPSA) is 63.3 Å². The molecule has 2 rings (SSSR count). The van der Waals surface area contributed by atoms with E-state index in [0.717, 1.165) is 31.7 Å². The molecule has 0 aromatic heterocycles. The maximum atomic E-state index is 12.9. The Labute approximate surface area is 121 Å². The van der Waals surface area contributed by atoms with Crippen LogP contribution in [0.1, 0.15) is 49.1 Å². The third-order valence-electron chi connectivity index (χ3n) is 4.16. The average Bonchev–Trinajstić information content (AvgIpc) is 2.88. The molecule has 3 N–H and O–H groups in total. The molecule has 0 amide bonds. The number of alkyl halides is 3. The molecule has 116 valence electrons. The average molecular weight is 301 g/mol. The smallest absolute Gasteiger partial charge is 0.418 e. The van der Waals surface area contributed by atoms with Crippen molar-refractivity contribution in [3.05, 3.63) is 29.3 Å². The number of nitrogens with two attached hydrogens (primary N) is 1. The lowest BCUT2D eigenvalue weighted by Gasteiger charge is -2.21. The fourth-order valence-corrected chi connectivity index (χ4v) is 3.07. The van der Waals surface area contributed by atoms with Gasteiger partial charge in [-0.1, -0.05) is 37.8 Å². The number of benzene rings is 1. The van der Waals surface area contributed by atoms with E-state index in [0.29, 0.717) is 6.42 Å². The van der Waals surface area contributed by atoms with Crippen molar-refractivity contribution in [3.63, 3.8) is 0 Å². The monoisotopic (exact) mass is 301 g/mol. The minimum Gasteiger partial charge on any atom is -0.481 e. The normalized spacial score (nSPS) is 17.9. The predicted octanol–water partition coefficient (Wildman–Crippen LogP) is 4.04. The Morgan fingerprint density at radius 3 is 2.48 bits per heavy atom. The minimum atomic E-state index is -4.57. The van der Waals surface area contributed by atoms with Crippen LogP contribution in [0.25, 0.3) is 0 Å². The summed E-state index contributed by atoms with van der Waals surface area (Å²) in [4.78, 5) is 11.5. The van der Waals surface area contributed by atoms with Crippen LogP contribution < -0.4 is 5.73 Å². The number of anilines is 1. The molecule has 0 saturated heterocycles. The highest BCUT2D eigenvalue weighted by molar-refractivity contribution is 5.79. The summed E-state index contributed by atoms with van der Waals surface area (Å²) in [6.45, 7) is 0. The first-order valence-corrected chi connectivity index (χ1v) is 6.99. The minimum absolute atomic E-state index is 0.0734. The quantitative estimate of drug-likeness (QED) is 0.825. The van der Waals surface area contributed by atoms with Gasteiger partial charge in [-0.25, -0.2) is 0 Å². The first kappa shape index (κ1) is 15.7. The molecular formula is C15H18F3NO2. The molecule has 21 heavy (non-hydrogen) atoms. The Morgan fingerprint density at radius 1 is 1.33 bits per heavy atom. The van der Waals surface area contributed by atoms with Crippen LogP contribution in [0.2, 0.25) is 0 Å². The van der Waals surface area contributed by atoms with Crippen molar-refractivity contribution in [3.8, 4) is 0 Å². The van der Waals surface area contributed by atoms with E-state index in [1.807, 2.05) is 0 Å². The fourth-order valence-electron chi connectivity index (χ4n) is 3.07. The van der Waals surface area contributed by atoms with E-state index in [-0.39, 0.29) is 11.5 Å². The standard InChI is InChI=1S/C15H18F3NO2/c16-15(17,18)12-7-3-6-10(13(12)19)11(14(20)21)8-9-4-1-2-5-9/h3,6-7,9,11H,1-2,4-5,8,19H2,(H,20,21). The fraction of sp³-hybridized carbons (Fsp3) is 0.533. The van der Waals surface area contributed by atoms with Crippen LogP contribution >= 0.6 is 0 Å². The molecule has 1 aromatic carbocycles. The van der Waals surface area contributed by atoms with Crippen LogP contribution in [0.5, 0.6) is 0 Å². The van der Waals surface area contributed by atoms with Crippen LogP contribution in [-0.2, 0) is 11.0 Å². The summed E-state index contributed by atoms with van der Waals surface area (Å²) in [5.74, 6) is -1.84. The highest BCUT2D eigenvalue weighted by Gasteiger charge is 2.36. The van der Waals surface area contributed by atoms with Crippen molar-refractivity contribution in [2.45, 2.75) is 44.2 Å². The van der Waals surface area contributed by atoms with E-state index in [2.05, 4.69) is 0 Å². The number of carboxylic acid groups (broad SMARTS) is 1. The number of hydrogen-bond acceptors (Lipinski definition) is 2. The molecule has 1 aromatic rings. The van der Waals surface area contributed by atoms with E-state index < -0.39 is 29.3 Å². The number of carbonyl (C=O) groups is 1. The first-order chi connectivity index (χ1) is 9.80. The SMILES string of the molecule is Nc1c(C(CC2CCCC2)C(=O)O)cccc1C(F)(F)F. The third-order valence-corrected chi connectivity index (χ3v) is 4.16. The lowest BCUT2D eigenvalue weighted by molar-refractivity contribution is -0.140. The van der Waals surface area contributed by atoms with Gasteiger partial charge in [0.05, 0.1) is 11.5 Å². The van der Waals surface area contributed by atoms with Gasteiger partial charge >= 0.3 is 12.1 Å². The zero-order chi connectivity index (χ0) is 15.6. The van der Waals surface area contributed by atoms with Gasteiger partial charge in [0.2, 0.25) is 0 Å². The Bertz CT molecular complexity index is 522. The van der Waals surface area contributed by atoms with Gasteiger partial charge in [0, 0.05) is 5.69 Å². The van der Waals surface area contributed by atoms with Gasteiger partial charge in [-0.05, 0) is 24.0 Å². The van der Waals surface area contributed by atoms with E-state index in [9.17, 15) is 23.1 Å². The largest absolute Gasteiger partial charge is 0.481 e. The summed E-state index contributed by atoms with van der Waals surface area (Å²) in [5, 5.41) is 9.37. The zero-order valence-corrected chi connectivity index (χ0v) is 11.5.